The maximum Gasteiger partial charge on any atom is 0.239 e. The van der Waals surface area contributed by atoms with Crippen molar-refractivity contribution in [3.8, 4) is 0 Å². The van der Waals surface area contributed by atoms with Gasteiger partial charge in [0, 0.05) is 32.7 Å². The number of carbonyl (C=O) groups excluding carboxylic acids is 1. The van der Waals surface area contributed by atoms with E-state index >= 15 is 0 Å². The molecule has 2 aliphatic heterocycles. The normalized spacial score (nSPS) is 22.4. The molecule has 7 heteroatoms. The molecule has 136 valence electrons. The quantitative estimate of drug-likeness (QED) is 0.836. The van der Waals surface area contributed by atoms with Gasteiger partial charge in [0.15, 0.2) is 0 Å². The predicted molar refractivity (Wildman–Crippen MR) is 99.9 cm³/mol. The summed E-state index contributed by atoms with van der Waals surface area (Å²) in [4.78, 5) is 16.6. The second-order valence-corrected chi connectivity index (χ2v) is 6.20. The van der Waals surface area contributed by atoms with Gasteiger partial charge in [0.05, 0.1) is 12.1 Å². The van der Waals surface area contributed by atoms with Crippen LogP contribution < -0.4 is 5.32 Å². The molecule has 0 bridgehead atoms. The third-order valence-electron chi connectivity index (χ3n) is 4.66. The van der Waals surface area contributed by atoms with Crippen molar-refractivity contribution in [2.45, 2.75) is 25.0 Å². The minimum Gasteiger partial charge on any atom is -0.387 e. The van der Waals surface area contributed by atoms with Crippen LogP contribution in [0, 0.1) is 0 Å². The van der Waals surface area contributed by atoms with Crippen molar-refractivity contribution in [1.82, 2.24) is 15.1 Å². The molecule has 0 radical (unpaired) electrons. The molecule has 1 aromatic carbocycles. The molecule has 0 spiro atoms. The van der Waals surface area contributed by atoms with Crippen LogP contribution in [0.5, 0.6) is 0 Å². The smallest absolute Gasteiger partial charge is 0.239 e. The van der Waals surface area contributed by atoms with E-state index in [1.54, 1.807) is 0 Å². The topological polar surface area (TPSA) is 55.8 Å². The van der Waals surface area contributed by atoms with Crippen LogP contribution in [0.4, 0.5) is 0 Å². The second-order valence-electron chi connectivity index (χ2n) is 6.20. The molecule has 5 nitrogen and oxygen atoms in total. The Hall–Kier alpha value is -0.850. The van der Waals surface area contributed by atoms with E-state index < -0.39 is 6.10 Å². The van der Waals surface area contributed by atoms with E-state index in [4.69, 9.17) is 0 Å². The Kier molecular flexibility index (Phi) is 9.02. The summed E-state index contributed by atoms with van der Waals surface area (Å²) in [5.41, 5.74) is 0.955. The van der Waals surface area contributed by atoms with E-state index in [1.807, 2.05) is 35.2 Å². The van der Waals surface area contributed by atoms with Crippen LogP contribution in [0.15, 0.2) is 30.3 Å². The van der Waals surface area contributed by atoms with Crippen LogP contribution in [0.25, 0.3) is 0 Å². The molecule has 1 unspecified atom stereocenters. The lowest BCUT2D eigenvalue weighted by Crippen LogP contribution is -2.53. The van der Waals surface area contributed by atoms with Crippen LogP contribution in [-0.2, 0) is 4.79 Å². The summed E-state index contributed by atoms with van der Waals surface area (Å²) in [6, 6.07) is 9.79. The van der Waals surface area contributed by atoms with Crippen molar-refractivity contribution in [3.63, 3.8) is 0 Å². The minimum atomic E-state index is -0.458. The first-order valence-electron chi connectivity index (χ1n) is 8.21. The predicted octanol–water partition coefficient (Wildman–Crippen LogP) is 1.46. The first-order valence-corrected chi connectivity index (χ1v) is 8.21. The number of aliphatic hydroxyl groups excluding tert-OH is 1. The van der Waals surface area contributed by atoms with E-state index in [1.165, 1.54) is 0 Å². The van der Waals surface area contributed by atoms with Gasteiger partial charge in [-0.25, -0.2) is 0 Å². The Labute approximate surface area is 156 Å². The van der Waals surface area contributed by atoms with Gasteiger partial charge in [0.1, 0.15) is 0 Å². The van der Waals surface area contributed by atoms with Gasteiger partial charge in [0.2, 0.25) is 5.91 Å². The van der Waals surface area contributed by atoms with Crippen LogP contribution in [0.2, 0.25) is 0 Å². The van der Waals surface area contributed by atoms with Crippen molar-refractivity contribution in [2.24, 2.45) is 0 Å². The summed E-state index contributed by atoms with van der Waals surface area (Å²) in [7, 11) is 0. The molecular formula is C17H27Cl2N3O2. The van der Waals surface area contributed by atoms with Gasteiger partial charge in [-0.15, -0.1) is 24.8 Å². The van der Waals surface area contributed by atoms with Gasteiger partial charge in [-0.2, -0.15) is 0 Å². The SMILES string of the molecule is Cl.Cl.O=C([C@@H]1CCCN1)N1CCN(CC(O)c2ccccc2)CC1. The molecule has 3 rings (SSSR count). The van der Waals surface area contributed by atoms with Crippen LogP contribution in [0.1, 0.15) is 24.5 Å². The number of hydrogen-bond donors (Lipinski definition) is 2. The Morgan fingerprint density at radius 2 is 1.83 bits per heavy atom. The molecule has 0 saturated carbocycles. The maximum absolute atomic E-state index is 12.3. The Morgan fingerprint density at radius 1 is 1.17 bits per heavy atom. The molecule has 2 aliphatic rings. The summed E-state index contributed by atoms with van der Waals surface area (Å²) in [6.07, 6.45) is 1.60. The van der Waals surface area contributed by atoms with E-state index in [9.17, 15) is 9.90 Å². The molecule has 2 fully saturated rings. The van der Waals surface area contributed by atoms with E-state index in [0.29, 0.717) is 6.54 Å². The summed E-state index contributed by atoms with van der Waals surface area (Å²) in [5, 5.41) is 13.6. The third-order valence-corrected chi connectivity index (χ3v) is 4.66. The number of carbonyl (C=O) groups is 1. The number of nitrogens with zero attached hydrogens (tertiary/aromatic N) is 2. The zero-order valence-electron chi connectivity index (χ0n) is 13.8. The monoisotopic (exact) mass is 375 g/mol. The Balaban J connectivity index is 0.00000144. The fraction of sp³-hybridized carbons (Fsp3) is 0.588. The number of nitrogens with one attached hydrogen (secondary N) is 1. The highest BCUT2D eigenvalue weighted by Crippen LogP contribution is 2.16. The van der Waals surface area contributed by atoms with E-state index in [-0.39, 0.29) is 36.8 Å². The zero-order chi connectivity index (χ0) is 15.4. The molecule has 1 amide bonds. The average Bonchev–Trinajstić information content (AvgIpc) is 3.10. The lowest BCUT2D eigenvalue weighted by molar-refractivity contribution is -0.135. The largest absolute Gasteiger partial charge is 0.387 e. The van der Waals surface area contributed by atoms with Gasteiger partial charge < -0.3 is 15.3 Å². The number of β-amino-alcohol motifs (C(OH)–C–C–N with tert-alkyl or cyclic N) is 1. The Bertz CT molecular complexity index is 490. The number of piperazine rings is 1. The standard InChI is InChI=1S/C17H25N3O2.2ClH/c21-16(14-5-2-1-3-6-14)13-19-9-11-20(12-10-19)17(22)15-7-4-8-18-15;;/h1-3,5-6,15-16,18,21H,4,7-13H2;2*1H/t15-,16?;;/m0../s1. The molecule has 2 heterocycles. The summed E-state index contributed by atoms with van der Waals surface area (Å²) >= 11 is 0. The first-order chi connectivity index (χ1) is 10.7. The zero-order valence-corrected chi connectivity index (χ0v) is 15.4. The van der Waals surface area contributed by atoms with Crippen LogP contribution >= 0.6 is 24.8 Å². The number of benzene rings is 1. The Morgan fingerprint density at radius 3 is 2.42 bits per heavy atom. The minimum absolute atomic E-state index is 0. The molecule has 2 saturated heterocycles. The molecule has 0 aliphatic carbocycles. The second kappa shape index (κ2) is 10.2. The van der Waals surface area contributed by atoms with E-state index in [0.717, 1.165) is 51.1 Å². The van der Waals surface area contributed by atoms with Gasteiger partial charge in [-0.3, -0.25) is 9.69 Å². The van der Waals surface area contributed by atoms with Crippen molar-refractivity contribution >= 4 is 30.7 Å². The highest BCUT2D eigenvalue weighted by Gasteiger charge is 2.29. The molecule has 2 atom stereocenters. The highest BCUT2D eigenvalue weighted by atomic mass is 35.5. The fourth-order valence-corrected chi connectivity index (χ4v) is 3.29. The maximum atomic E-state index is 12.3. The number of hydrogen-bond acceptors (Lipinski definition) is 4. The summed E-state index contributed by atoms with van der Waals surface area (Å²) < 4.78 is 0. The first kappa shape index (κ1) is 21.2. The summed E-state index contributed by atoms with van der Waals surface area (Å²) in [6.45, 7) is 4.79. The fourth-order valence-electron chi connectivity index (χ4n) is 3.29. The molecular weight excluding hydrogens is 349 g/mol. The van der Waals surface area contributed by atoms with Gasteiger partial charge in [-0.05, 0) is 24.9 Å². The highest BCUT2D eigenvalue weighted by molar-refractivity contribution is 5.85. The number of halogens is 2. The van der Waals surface area contributed by atoms with Crippen LogP contribution in [0.3, 0.4) is 0 Å². The molecule has 0 aromatic heterocycles. The molecule has 1 aromatic rings. The van der Waals surface area contributed by atoms with Crippen molar-refractivity contribution < 1.29 is 9.90 Å². The number of rotatable bonds is 4. The van der Waals surface area contributed by atoms with Gasteiger partial charge in [-0.1, -0.05) is 30.3 Å². The van der Waals surface area contributed by atoms with Crippen molar-refractivity contribution in [3.05, 3.63) is 35.9 Å². The third kappa shape index (κ3) is 5.33. The van der Waals surface area contributed by atoms with Gasteiger partial charge >= 0.3 is 0 Å². The number of aliphatic hydroxyl groups is 1. The van der Waals surface area contributed by atoms with Crippen molar-refractivity contribution in [2.75, 3.05) is 39.3 Å². The van der Waals surface area contributed by atoms with Crippen LogP contribution in [-0.4, -0.2) is 66.1 Å². The molecule has 2 N–H and O–H groups in total. The lowest BCUT2D eigenvalue weighted by atomic mass is 10.1. The average molecular weight is 376 g/mol. The van der Waals surface area contributed by atoms with Crippen molar-refractivity contribution in [1.29, 1.82) is 0 Å². The number of amides is 1. The lowest BCUT2D eigenvalue weighted by Gasteiger charge is -2.36. The van der Waals surface area contributed by atoms with E-state index in [2.05, 4.69) is 10.2 Å². The summed E-state index contributed by atoms with van der Waals surface area (Å²) in [5.74, 6) is 0.251. The van der Waals surface area contributed by atoms with Gasteiger partial charge in [0.25, 0.3) is 0 Å². The molecule has 24 heavy (non-hydrogen) atoms.